The molecular formula is C15H20BrNO3. The summed E-state index contributed by atoms with van der Waals surface area (Å²) in [5.41, 5.74) is -0.754. The van der Waals surface area contributed by atoms with Crippen LogP contribution in [-0.4, -0.2) is 23.8 Å². The third-order valence-corrected chi connectivity index (χ3v) is 3.42. The first-order valence-corrected chi connectivity index (χ1v) is 7.47. The molecule has 1 saturated carbocycles. The van der Waals surface area contributed by atoms with Crippen LogP contribution in [-0.2, 0) is 4.74 Å². The highest BCUT2D eigenvalue weighted by Gasteiger charge is 2.46. The Morgan fingerprint density at radius 1 is 1.40 bits per heavy atom. The van der Waals surface area contributed by atoms with Gasteiger partial charge in [-0.05, 0) is 51.8 Å². The zero-order valence-electron chi connectivity index (χ0n) is 12.0. The second-order valence-electron chi connectivity index (χ2n) is 6.15. The Balaban J connectivity index is 1.85. The van der Waals surface area contributed by atoms with E-state index in [1.54, 1.807) is 0 Å². The second kappa shape index (κ2) is 5.64. The quantitative estimate of drug-likeness (QED) is 0.903. The van der Waals surface area contributed by atoms with Gasteiger partial charge in [0.25, 0.3) is 0 Å². The fraction of sp³-hybridized carbons (Fsp3) is 0.533. The van der Waals surface area contributed by atoms with Crippen molar-refractivity contribution >= 4 is 22.0 Å². The molecule has 0 heterocycles. The minimum absolute atomic E-state index is 0.273. The molecule has 1 aromatic carbocycles. The average Bonchev–Trinajstić information content (AvgIpc) is 3.04. The summed E-state index contributed by atoms with van der Waals surface area (Å²) in [6.45, 7) is 6.02. The van der Waals surface area contributed by atoms with Gasteiger partial charge in [0.1, 0.15) is 18.0 Å². The Morgan fingerprint density at radius 2 is 2.10 bits per heavy atom. The highest BCUT2D eigenvalue weighted by Crippen LogP contribution is 2.36. The predicted molar refractivity (Wildman–Crippen MR) is 81.0 cm³/mol. The first kappa shape index (κ1) is 15.2. The minimum atomic E-state index is -0.481. The van der Waals surface area contributed by atoms with E-state index in [0.717, 1.165) is 23.1 Å². The summed E-state index contributed by atoms with van der Waals surface area (Å²) in [6, 6.07) is 7.66. The topological polar surface area (TPSA) is 47.6 Å². The van der Waals surface area contributed by atoms with Gasteiger partial charge < -0.3 is 14.8 Å². The molecule has 110 valence electrons. The molecule has 1 fully saturated rings. The number of amides is 1. The maximum atomic E-state index is 11.8. The van der Waals surface area contributed by atoms with Crippen LogP contribution in [0.5, 0.6) is 5.75 Å². The molecule has 0 saturated heterocycles. The van der Waals surface area contributed by atoms with Crippen molar-refractivity contribution < 1.29 is 14.3 Å². The first-order valence-electron chi connectivity index (χ1n) is 6.68. The van der Waals surface area contributed by atoms with Gasteiger partial charge in [-0.25, -0.2) is 4.79 Å². The Kier molecular flexibility index (Phi) is 4.28. The number of hydrogen-bond donors (Lipinski definition) is 1. The lowest BCUT2D eigenvalue weighted by molar-refractivity contribution is 0.0477. The van der Waals surface area contributed by atoms with E-state index in [2.05, 4.69) is 21.2 Å². The van der Waals surface area contributed by atoms with Gasteiger partial charge >= 0.3 is 6.09 Å². The van der Waals surface area contributed by atoms with E-state index < -0.39 is 5.60 Å². The van der Waals surface area contributed by atoms with E-state index in [0.29, 0.717) is 6.61 Å². The number of ether oxygens (including phenoxy) is 2. The first-order chi connectivity index (χ1) is 9.28. The number of carbonyl (C=O) groups excluding carboxylic acids is 1. The van der Waals surface area contributed by atoms with Gasteiger partial charge in [0.2, 0.25) is 0 Å². The standard InChI is InChI=1S/C15H20BrNO3/c1-14(2,3)20-13(18)17-15(7-8-15)10-19-12-6-4-5-11(16)9-12/h4-6,9H,7-8,10H2,1-3H3,(H,17,18). The van der Waals surface area contributed by atoms with Crippen LogP contribution in [0.2, 0.25) is 0 Å². The van der Waals surface area contributed by atoms with E-state index in [9.17, 15) is 4.79 Å². The molecule has 1 aliphatic carbocycles. The summed E-state index contributed by atoms with van der Waals surface area (Å²) in [5.74, 6) is 0.789. The summed E-state index contributed by atoms with van der Waals surface area (Å²) in [7, 11) is 0. The molecule has 0 bridgehead atoms. The Morgan fingerprint density at radius 3 is 2.65 bits per heavy atom. The zero-order valence-corrected chi connectivity index (χ0v) is 13.6. The van der Waals surface area contributed by atoms with Crippen LogP contribution in [0.25, 0.3) is 0 Å². The van der Waals surface area contributed by atoms with Gasteiger partial charge in [0.15, 0.2) is 0 Å². The monoisotopic (exact) mass is 341 g/mol. The van der Waals surface area contributed by atoms with Crippen molar-refractivity contribution in [2.75, 3.05) is 6.61 Å². The summed E-state index contributed by atoms with van der Waals surface area (Å²) >= 11 is 3.40. The molecule has 0 radical (unpaired) electrons. The van der Waals surface area contributed by atoms with Crippen molar-refractivity contribution in [1.29, 1.82) is 0 Å². The molecule has 1 N–H and O–H groups in total. The maximum Gasteiger partial charge on any atom is 0.408 e. The van der Waals surface area contributed by atoms with Crippen molar-refractivity contribution in [2.45, 2.75) is 44.8 Å². The lowest BCUT2D eigenvalue weighted by Gasteiger charge is -2.23. The third-order valence-electron chi connectivity index (χ3n) is 2.93. The van der Waals surface area contributed by atoms with Crippen molar-refractivity contribution in [3.05, 3.63) is 28.7 Å². The van der Waals surface area contributed by atoms with Crippen molar-refractivity contribution in [1.82, 2.24) is 5.32 Å². The van der Waals surface area contributed by atoms with Crippen LogP contribution < -0.4 is 10.1 Å². The SMILES string of the molecule is CC(C)(C)OC(=O)NC1(COc2cccc(Br)c2)CC1. The van der Waals surface area contributed by atoms with Gasteiger partial charge in [-0.15, -0.1) is 0 Å². The molecule has 4 nitrogen and oxygen atoms in total. The molecule has 0 aliphatic heterocycles. The number of hydrogen-bond acceptors (Lipinski definition) is 3. The lowest BCUT2D eigenvalue weighted by atomic mass is 10.2. The Bertz CT molecular complexity index is 492. The largest absolute Gasteiger partial charge is 0.491 e. The van der Waals surface area contributed by atoms with Crippen molar-refractivity contribution in [2.24, 2.45) is 0 Å². The molecule has 2 rings (SSSR count). The molecule has 0 unspecified atom stereocenters. The van der Waals surface area contributed by atoms with Crippen LogP contribution in [0.15, 0.2) is 28.7 Å². The number of alkyl carbamates (subject to hydrolysis) is 1. The second-order valence-corrected chi connectivity index (χ2v) is 7.07. The summed E-state index contributed by atoms with van der Waals surface area (Å²) in [6.07, 6.45) is 1.45. The Labute approximate surface area is 128 Å². The van der Waals surface area contributed by atoms with Crippen molar-refractivity contribution in [3.8, 4) is 5.75 Å². The number of benzene rings is 1. The van der Waals surface area contributed by atoms with Crippen LogP contribution in [0.3, 0.4) is 0 Å². The van der Waals surface area contributed by atoms with Gasteiger partial charge in [0, 0.05) is 4.47 Å². The number of nitrogens with one attached hydrogen (secondary N) is 1. The molecule has 1 aromatic rings. The maximum absolute atomic E-state index is 11.8. The molecule has 0 aromatic heterocycles. The van der Waals surface area contributed by atoms with Gasteiger partial charge in [-0.3, -0.25) is 0 Å². The fourth-order valence-corrected chi connectivity index (χ4v) is 2.13. The molecule has 0 spiro atoms. The van der Waals surface area contributed by atoms with Gasteiger partial charge in [0.05, 0.1) is 5.54 Å². The number of carbonyl (C=O) groups is 1. The smallest absolute Gasteiger partial charge is 0.408 e. The third kappa shape index (κ3) is 4.71. The highest BCUT2D eigenvalue weighted by atomic mass is 79.9. The van der Waals surface area contributed by atoms with Crippen LogP contribution >= 0.6 is 15.9 Å². The van der Waals surface area contributed by atoms with Gasteiger partial charge in [-0.2, -0.15) is 0 Å². The van der Waals surface area contributed by atoms with E-state index in [1.807, 2.05) is 45.0 Å². The molecule has 1 aliphatic rings. The molecule has 1 amide bonds. The molecule has 20 heavy (non-hydrogen) atoms. The zero-order chi connectivity index (χ0) is 14.8. The van der Waals surface area contributed by atoms with E-state index in [1.165, 1.54) is 0 Å². The van der Waals surface area contributed by atoms with E-state index in [-0.39, 0.29) is 11.6 Å². The normalized spacial score (nSPS) is 16.4. The number of rotatable bonds is 4. The summed E-state index contributed by atoms with van der Waals surface area (Å²) in [4.78, 5) is 11.8. The number of halogens is 1. The van der Waals surface area contributed by atoms with Crippen LogP contribution in [0, 0.1) is 0 Å². The van der Waals surface area contributed by atoms with Crippen LogP contribution in [0.4, 0.5) is 4.79 Å². The van der Waals surface area contributed by atoms with E-state index >= 15 is 0 Å². The Hall–Kier alpha value is -1.23. The summed E-state index contributed by atoms with van der Waals surface area (Å²) in [5, 5.41) is 2.91. The van der Waals surface area contributed by atoms with Gasteiger partial charge in [-0.1, -0.05) is 22.0 Å². The highest BCUT2D eigenvalue weighted by molar-refractivity contribution is 9.10. The minimum Gasteiger partial charge on any atom is -0.491 e. The van der Waals surface area contributed by atoms with E-state index in [4.69, 9.17) is 9.47 Å². The lowest BCUT2D eigenvalue weighted by Crippen LogP contribution is -2.44. The molecule has 0 atom stereocenters. The molecule has 5 heteroatoms. The van der Waals surface area contributed by atoms with Crippen molar-refractivity contribution in [3.63, 3.8) is 0 Å². The summed E-state index contributed by atoms with van der Waals surface area (Å²) < 4.78 is 12.0. The average molecular weight is 342 g/mol. The predicted octanol–water partition coefficient (Wildman–Crippen LogP) is 3.89. The van der Waals surface area contributed by atoms with Crippen LogP contribution in [0.1, 0.15) is 33.6 Å². The fourth-order valence-electron chi connectivity index (χ4n) is 1.75. The molecular weight excluding hydrogens is 322 g/mol.